The molecule has 0 aliphatic heterocycles. The van der Waals surface area contributed by atoms with Crippen LogP contribution in [0, 0.1) is 18.6 Å². The Morgan fingerprint density at radius 3 is 2.21 bits per heavy atom. The van der Waals surface area contributed by atoms with Gasteiger partial charge in [0.25, 0.3) is 15.9 Å². The molecule has 28 heavy (non-hydrogen) atoms. The van der Waals surface area contributed by atoms with Crippen LogP contribution >= 0.6 is 0 Å². The van der Waals surface area contributed by atoms with Crippen molar-refractivity contribution in [2.24, 2.45) is 0 Å². The third-order valence-electron chi connectivity index (χ3n) is 4.03. The highest BCUT2D eigenvalue weighted by molar-refractivity contribution is 7.89. The van der Waals surface area contributed by atoms with Crippen molar-refractivity contribution in [3.05, 3.63) is 89.5 Å². The topological polar surface area (TPSA) is 75.3 Å². The van der Waals surface area contributed by atoms with Crippen molar-refractivity contribution in [1.29, 1.82) is 0 Å². The summed E-state index contributed by atoms with van der Waals surface area (Å²) >= 11 is 0. The molecule has 0 heterocycles. The molecule has 0 aliphatic carbocycles. The maximum absolute atomic E-state index is 14.5. The lowest BCUT2D eigenvalue weighted by Crippen LogP contribution is -2.42. The first-order valence-electron chi connectivity index (χ1n) is 8.22. The van der Waals surface area contributed by atoms with E-state index in [1.165, 1.54) is 25.1 Å². The van der Waals surface area contributed by atoms with E-state index in [0.29, 0.717) is 5.56 Å². The predicted molar refractivity (Wildman–Crippen MR) is 101 cm³/mol. The Morgan fingerprint density at radius 2 is 1.54 bits per heavy atom. The van der Waals surface area contributed by atoms with Crippen LogP contribution in [0.3, 0.4) is 0 Å². The molecule has 0 atom stereocenters. The number of carbonyl (C=O) groups excluding carboxylic acids is 1. The van der Waals surface area contributed by atoms with Crippen molar-refractivity contribution < 1.29 is 22.0 Å². The highest BCUT2D eigenvalue weighted by Crippen LogP contribution is 2.24. The van der Waals surface area contributed by atoms with Crippen molar-refractivity contribution in [2.75, 3.05) is 0 Å². The minimum Gasteiger partial charge on any atom is -0.273 e. The standard InChI is InChI=1S/C20H16F2N2O3S/c1-13-11-15(14-7-3-2-4-8-14)12-16(19(13)22)20(25)23-24-28(26,27)18-10-6-5-9-17(18)21/h2-12,24H,1H3,(H,23,25). The number of hydrazine groups is 1. The normalized spacial score (nSPS) is 11.2. The van der Waals surface area contributed by atoms with Crippen molar-refractivity contribution in [1.82, 2.24) is 10.3 Å². The van der Waals surface area contributed by atoms with Crippen LogP contribution in [0.25, 0.3) is 11.1 Å². The van der Waals surface area contributed by atoms with Gasteiger partial charge in [-0.1, -0.05) is 42.5 Å². The maximum atomic E-state index is 14.5. The number of hydrogen-bond donors (Lipinski definition) is 2. The van der Waals surface area contributed by atoms with Crippen LogP contribution in [-0.2, 0) is 10.0 Å². The largest absolute Gasteiger partial charge is 0.273 e. The first kappa shape index (κ1) is 19.7. The summed E-state index contributed by atoms with van der Waals surface area (Å²) in [5.74, 6) is -2.75. The van der Waals surface area contributed by atoms with Crippen LogP contribution in [0.1, 0.15) is 15.9 Å². The number of hydrogen-bond acceptors (Lipinski definition) is 3. The Bertz CT molecular complexity index is 1130. The van der Waals surface area contributed by atoms with Crippen molar-refractivity contribution in [3.8, 4) is 11.1 Å². The van der Waals surface area contributed by atoms with Crippen molar-refractivity contribution in [3.63, 3.8) is 0 Å². The lowest BCUT2D eigenvalue weighted by atomic mass is 9.99. The Labute approximate surface area is 161 Å². The molecule has 3 rings (SSSR count). The Hall–Kier alpha value is -3.10. The van der Waals surface area contributed by atoms with Crippen molar-refractivity contribution in [2.45, 2.75) is 11.8 Å². The average molecular weight is 402 g/mol. The number of carbonyl (C=O) groups is 1. The van der Waals surface area contributed by atoms with Crippen LogP contribution in [0.15, 0.2) is 71.6 Å². The summed E-state index contributed by atoms with van der Waals surface area (Å²) < 4.78 is 52.5. The van der Waals surface area contributed by atoms with Gasteiger partial charge in [0.1, 0.15) is 16.5 Å². The predicted octanol–water partition coefficient (Wildman–Crippen LogP) is 3.56. The molecule has 0 saturated carbocycles. The second-order valence-corrected chi connectivity index (χ2v) is 7.66. The molecule has 144 valence electrons. The molecule has 0 radical (unpaired) electrons. The molecule has 1 amide bonds. The molecule has 8 heteroatoms. The van der Waals surface area contributed by atoms with Gasteiger partial charge in [-0.15, -0.1) is 4.83 Å². The molecule has 3 aromatic carbocycles. The van der Waals surface area contributed by atoms with Crippen molar-refractivity contribution >= 4 is 15.9 Å². The van der Waals surface area contributed by atoms with Gasteiger partial charge in [-0.2, -0.15) is 0 Å². The molecule has 3 aromatic rings. The van der Waals surface area contributed by atoms with E-state index in [4.69, 9.17) is 0 Å². The minimum absolute atomic E-state index is 0.225. The van der Waals surface area contributed by atoms with Gasteiger partial charge in [-0.25, -0.2) is 17.2 Å². The van der Waals surface area contributed by atoms with Gasteiger partial charge in [0.2, 0.25) is 0 Å². The fourth-order valence-electron chi connectivity index (χ4n) is 2.63. The van der Waals surface area contributed by atoms with Gasteiger partial charge in [0.15, 0.2) is 0 Å². The van der Waals surface area contributed by atoms with Gasteiger partial charge in [0, 0.05) is 0 Å². The summed E-state index contributed by atoms with van der Waals surface area (Å²) in [7, 11) is -4.36. The monoisotopic (exact) mass is 402 g/mol. The summed E-state index contributed by atoms with van der Waals surface area (Å²) in [5.41, 5.74) is 3.18. The molecule has 0 bridgehead atoms. The number of halogens is 2. The molecule has 2 N–H and O–H groups in total. The lowest BCUT2D eigenvalue weighted by Gasteiger charge is -2.12. The second kappa shape index (κ2) is 7.87. The Balaban J connectivity index is 1.87. The van der Waals surface area contributed by atoms with Crippen LogP contribution in [-0.4, -0.2) is 14.3 Å². The van der Waals surface area contributed by atoms with E-state index >= 15 is 0 Å². The second-order valence-electron chi connectivity index (χ2n) is 6.01. The molecule has 0 spiro atoms. The van der Waals surface area contributed by atoms with E-state index in [-0.39, 0.29) is 11.1 Å². The SMILES string of the molecule is Cc1cc(-c2ccccc2)cc(C(=O)NNS(=O)(=O)c2ccccc2F)c1F. The molecule has 0 unspecified atom stereocenters. The van der Waals surface area contributed by atoms with Crippen LogP contribution in [0.4, 0.5) is 8.78 Å². The zero-order valence-corrected chi connectivity index (χ0v) is 15.6. The number of aryl methyl sites for hydroxylation is 1. The third kappa shape index (κ3) is 4.08. The van der Waals surface area contributed by atoms with E-state index in [1.807, 2.05) is 11.5 Å². The molecule has 0 aromatic heterocycles. The first-order chi connectivity index (χ1) is 13.3. The minimum atomic E-state index is -4.36. The molecular formula is C20H16F2N2O3S. The summed E-state index contributed by atoms with van der Waals surface area (Å²) in [5, 5.41) is 0. The van der Waals surface area contributed by atoms with Crippen LogP contribution in [0.2, 0.25) is 0 Å². The highest BCUT2D eigenvalue weighted by Gasteiger charge is 2.21. The van der Waals surface area contributed by atoms with Crippen LogP contribution in [0.5, 0.6) is 0 Å². The number of amides is 1. The molecule has 0 saturated heterocycles. The van der Waals surface area contributed by atoms with E-state index in [9.17, 15) is 22.0 Å². The maximum Gasteiger partial charge on any atom is 0.269 e. The smallest absolute Gasteiger partial charge is 0.269 e. The Morgan fingerprint density at radius 1 is 0.893 bits per heavy atom. The zero-order valence-electron chi connectivity index (χ0n) is 14.7. The fourth-order valence-corrected chi connectivity index (χ4v) is 3.55. The number of rotatable bonds is 5. The Kier molecular flexibility index (Phi) is 5.53. The summed E-state index contributed by atoms with van der Waals surface area (Å²) in [6.45, 7) is 1.50. The summed E-state index contributed by atoms with van der Waals surface area (Å²) in [6, 6.07) is 16.6. The van der Waals surface area contributed by atoms with Gasteiger partial charge in [-0.05, 0) is 47.9 Å². The van der Waals surface area contributed by atoms with Gasteiger partial charge in [-0.3, -0.25) is 10.2 Å². The zero-order chi connectivity index (χ0) is 20.3. The molecule has 0 aliphatic rings. The first-order valence-corrected chi connectivity index (χ1v) is 9.70. The molecular weight excluding hydrogens is 386 g/mol. The quantitative estimate of drug-likeness (QED) is 0.641. The average Bonchev–Trinajstić information content (AvgIpc) is 2.69. The number of nitrogens with one attached hydrogen (secondary N) is 2. The summed E-state index contributed by atoms with van der Waals surface area (Å²) in [6.07, 6.45) is 0. The molecule has 0 fully saturated rings. The van der Waals surface area contributed by atoms with Gasteiger partial charge >= 0.3 is 0 Å². The highest BCUT2D eigenvalue weighted by atomic mass is 32.2. The van der Waals surface area contributed by atoms with E-state index in [1.54, 1.807) is 35.2 Å². The van der Waals surface area contributed by atoms with Gasteiger partial charge in [0.05, 0.1) is 5.56 Å². The third-order valence-corrected chi connectivity index (χ3v) is 5.31. The van der Waals surface area contributed by atoms with E-state index in [0.717, 1.165) is 17.7 Å². The van der Waals surface area contributed by atoms with Crippen LogP contribution < -0.4 is 10.3 Å². The lowest BCUT2D eigenvalue weighted by molar-refractivity contribution is 0.0941. The van der Waals surface area contributed by atoms with E-state index in [2.05, 4.69) is 0 Å². The fraction of sp³-hybridized carbons (Fsp3) is 0.0500. The number of sulfonamides is 1. The summed E-state index contributed by atoms with van der Waals surface area (Å²) in [4.78, 5) is 13.5. The molecule has 5 nitrogen and oxygen atoms in total. The van der Waals surface area contributed by atoms with E-state index < -0.39 is 32.5 Å². The number of benzene rings is 3. The van der Waals surface area contributed by atoms with Gasteiger partial charge < -0.3 is 0 Å².